The molecule has 118 valence electrons. The Morgan fingerprint density at radius 2 is 2.10 bits per heavy atom. The lowest BCUT2D eigenvalue weighted by Gasteiger charge is -2.38. The summed E-state index contributed by atoms with van der Waals surface area (Å²) in [5.74, 6) is 2.32. The molecule has 0 atom stereocenters. The smallest absolute Gasteiger partial charge is 0.140 e. The second-order valence-corrected chi connectivity index (χ2v) is 7.22. The van der Waals surface area contributed by atoms with Crippen molar-refractivity contribution < 1.29 is 4.74 Å². The summed E-state index contributed by atoms with van der Waals surface area (Å²) in [5.41, 5.74) is 0.916. The highest BCUT2D eigenvalue weighted by Gasteiger charge is 2.38. The largest absolute Gasteiger partial charge is 0.367 e. The van der Waals surface area contributed by atoms with E-state index in [1.54, 1.807) is 0 Å². The Hall–Kier alpha value is -0.740. The number of nitrogens with zero attached hydrogens (tertiary/aromatic N) is 1. The predicted molar refractivity (Wildman–Crippen MR) is 88.9 cm³/mol. The van der Waals surface area contributed by atoms with Gasteiger partial charge in [0.15, 0.2) is 0 Å². The number of hydrogen-bond acceptors (Lipinski definition) is 3. The summed E-state index contributed by atoms with van der Waals surface area (Å²) in [6.07, 6.45) is 5.45. The van der Waals surface area contributed by atoms with Gasteiger partial charge >= 0.3 is 0 Å². The maximum absolute atomic E-state index is 6.18. The van der Waals surface area contributed by atoms with Crippen LogP contribution in [0.1, 0.15) is 64.9 Å². The van der Waals surface area contributed by atoms with Crippen LogP contribution in [-0.2, 0) is 16.8 Å². The highest BCUT2D eigenvalue weighted by Crippen LogP contribution is 2.41. The van der Waals surface area contributed by atoms with Gasteiger partial charge in [-0.15, -0.1) is 0 Å². The van der Waals surface area contributed by atoms with E-state index in [-0.39, 0.29) is 5.60 Å². The molecule has 21 heavy (non-hydrogen) atoms. The third-order valence-electron chi connectivity index (χ3n) is 4.36. The van der Waals surface area contributed by atoms with E-state index in [2.05, 4.69) is 37.7 Å². The molecule has 0 amide bonds. The summed E-state index contributed by atoms with van der Waals surface area (Å²) >= 11 is 5.38. The third-order valence-corrected chi connectivity index (χ3v) is 4.57. The van der Waals surface area contributed by atoms with E-state index in [4.69, 9.17) is 17.0 Å². The molecular formula is C17H28N2OS. The van der Waals surface area contributed by atoms with Crippen LogP contribution in [0.5, 0.6) is 0 Å². The Labute approximate surface area is 133 Å². The molecule has 0 aromatic carbocycles. The minimum Gasteiger partial charge on any atom is -0.367 e. The predicted octanol–water partition coefficient (Wildman–Crippen LogP) is 4.78. The highest BCUT2D eigenvalue weighted by atomic mass is 32.1. The van der Waals surface area contributed by atoms with Gasteiger partial charge in [0.25, 0.3) is 0 Å². The summed E-state index contributed by atoms with van der Waals surface area (Å²) in [6, 6.07) is 1.99. The monoisotopic (exact) mass is 308 g/mol. The average Bonchev–Trinajstić information content (AvgIpc) is 2.40. The fraction of sp³-hybridized carbons (Fsp3) is 0.765. The zero-order valence-electron chi connectivity index (χ0n) is 13.7. The Kier molecular flexibility index (Phi) is 5.55. The topological polar surface area (TPSA) is 37.9 Å². The highest BCUT2D eigenvalue weighted by molar-refractivity contribution is 7.71. The molecule has 2 rings (SSSR count). The van der Waals surface area contributed by atoms with Gasteiger partial charge in [0.05, 0.1) is 0 Å². The van der Waals surface area contributed by atoms with Gasteiger partial charge in [0, 0.05) is 12.3 Å². The first kappa shape index (κ1) is 16.6. The Balaban J connectivity index is 2.36. The zero-order valence-corrected chi connectivity index (χ0v) is 14.6. The molecular weight excluding hydrogens is 280 g/mol. The second kappa shape index (κ2) is 7.01. The van der Waals surface area contributed by atoms with Crippen LogP contribution in [0, 0.1) is 16.5 Å². The van der Waals surface area contributed by atoms with Crippen molar-refractivity contribution in [3.8, 4) is 0 Å². The maximum atomic E-state index is 6.18. The number of hydrogen-bond donors (Lipinski definition) is 1. The first-order valence-corrected chi connectivity index (χ1v) is 8.60. The third kappa shape index (κ3) is 4.13. The minimum absolute atomic E-state index is 0.262. The lowest BCUT2D eigenvalue weighted by atomic mass is 9.78. The molecule has 0 radical (unpaired) electrons. The van der Waals surface area contributed by atoms with Crippen molar-refractivity contribution in [3.63, 3.8) is 0 Å². The van der Waals surface area contributed by atoms with Crippen LogP contribution in [0.2, 0.25) is 0 Å². The van der Waals surface area contributed by atoms with Gasteiger partial charge in [0.1, 0.15) is 16.1 Å². The van der Waals surface area contributed by atoms with E-state index in [1.807, 2.05) is 6.07 Å². The summed E-state index contributed by atoms with van der Waals surface area (Å²) in [6.45, 7) is 9.54. The Morgan fingerprint density at radius 3 is 2.67 bits per heavy atom. The van der Waals surface area contributed by atoms with Crippen LogP contribution in [0.25, 0.3) is 0 Å². The van der Waals surface area contributed by atoms with Gasteiger partial charge < -0.3 is 9.72 Å². The van der Waals surface area contributed by atoms with Gasteiger partial charge in [-0.2, -0.15) is 0 Å². The summed E-state index contributed by atoms with van der Waals surface area (Å²) in [5, 5.41) is 0. The molecule has 0 aliphatic heterocycles. The lowest BCUT2D eigenvalue weighted by Crippen LogP contribution is -2.36. The van der Waals surface area contributed by atoms with Crippen molar-refractivity contribution in [2.75, 3.05) is 6.61 Å². The molecule has 1 aliphatic carbocycles. The average molecular weight is 308 g/mol. The van der Waals surface area contributed by atoms with E-state index in [0.717, 1.165) is 31.0 Å². The van der Waals surface area contributed by atoms with Gasteiger partial charge in [0.2, 0.25) is 0 Å². The number of aromatic nitrogens is 2. The van der Waals surface area contributed by atoms with Gasteiger partial charge in [-0.25, -0.2) is 4.98 Å². The Morgan fingerprint density at radius 1 is 1.43 bits per heavy atom. The molecule has 3 nitrogen and oxygen atoms in total. The number of aromatic amines is 1. The van der Waals surface area contributed by atoms with Crippen LogP contribution in [0.15, 0.2) is 6.07 Å². The normalized spacial score (nSPS) is 26.2. The fourth-order valence-corrected chi connectivity index (χ4v) is 3.46. The molecule has 1 aromatic rings. The van der Waals surface area contributed by atoms with Crippen LogP contribution in [0.4, 0.5) is 0 Å². The van der Waals surface area contributed by atoms with Crippen molar-refractivity contribution >= 4 is 12.2 Å². The van der Waals surface area contributed by atoms with Crippen LogP contribution in [-0.4, -0.2) is 16.6 Å². The van der Waals surface area contributed by atoms with Crippen LogP contribution < -0.4 is 0 Å². The molecule has 1 aliphatic rings. The van der Waals surface area contributed by atoms with Gasteiger partial charge in [-0.1, -0.05) is 33.0 Å². The summed E-state index contributed by atoms with van der Waals surface area (Å²) in [4.78, 5) is 8.14. The van der Waals surface area contributed by atoms with Crippen LogP contribution in [0.3, 0.4) is 0 Å². The first-order chi connectivity index (χ1) is 9.95. The second-order valence-electron chi connectivity index (χ2n) is 6.80. The van der Waals surface area contributed by atoms with Crippen molar-refractivity contribution in [1.29, 1.82) is 0 Å². The summed E-state index contributed by atoms with van der Waals surface area (Å²) in [7, 11) is 0. The van der Waals surface area contributed by atoms with Crippen molar-refractivity contribution in [2.45, 2.75) is 65.4 Å². The molecule has 1 fully saturated rings. The number of ether oxygens (including phenoxy) is 1. The molecule has 0 spiro atoms. The molecule has 0 bridgehead atoms. The molecule has 0 saturated heterocycles. The summed E-state index contributed by atoms with van der Waals surface area (Å²) < 4.78 is 6.86. The van der Waals surface area contributed by atoms with E-state index in [1.165, 1.54) is 18.5 Å². The van der Waals surface area contributed by atoms with E-state index in [9.17, 15) is 0 Å². The fourth-order valence-electron chi connectivity index (χ4n) is 3.23. The molecule has 1 N–H and O–H groups in total. The number of nitrogens with one attached hydrogen (secondary N) is 1. The SMILES string of the molecule is CCOC1(c2nc(=S)cc(CC(C)C)[nH]2)CCC(C)CC1. The maximum Gasteiger partial charge on any atom is 0.140 e. The standard InChI is InChI=1S/C17H28N2OS/c1-5-20-17(8-6-13(4)7-9-17)16-18-14(10-12(2)3)11-15(21)19-16/h11-13H,5-10H2,1-4H3,(H,18,19,21). The number of H-pyrrole nitrogens is 1. The van der Waals surface area contributed by atoms with E-state index < -0.39 is 0 Å². The molecule has 1 saturated carbocycles. The molecule has 1 aromatic heterocycles. The van der Waals surface area contributed by atoms with Gasteiger partial charge in [-0.05, 0) is 56.9 Å². The molecule has 1 heterocycles. The quantitative estimate of drug-likeness (QED) is 0.795. The molecule has 4 heteroatoms. The van der Waals surface area contributed by atoms with E-state index >= 15 is 0 Å². The van der Waals surface area contributed by atoms with Crippen molar-refractivity contribution in [3.05, 3.63) is 22.2 Å². The zero-order chi connectivity index (χ0) is 15.5. The van der Waals surface area contributed by atoms with Crippen molar-refractivity contribution in [2.24, 2.45) is 11.8 Å². The number of rotatable bonds is 5. The Bertz CT molecular complexity index is 516. The molecule has 0 unspecified atom stereocenters. The van der Waals surface area contributed by atoms with E-state index in [0.29, 0.717) is 17.2 Å². The van der Waals surface area contributed by atoms with Crippen LogP contribution >= 0.6 is 12.2 Å². The van der Waals surface area contributed by atoms with Crippen molar-refractivity contribution in [1.82, 2.24) is 9.97 Å². The lowest BCUT2D eigenvalue weighted by molar-refractivity contribution is -0.0839. The first-order valence-electron chi connectivity index (χ1n) is 8.20. The van der Waals surface area contributed by atoms with Gasteiger partial charge in [-0.3, -0.25) is 0 Å². The minimum atomic E-state index is -0.262.